The molecule has 0 bridgehead atoms. The first-order valence-electron chi connectivity index (χ1n) is 7.84. The fourth-order valence-corrected chi connectivity index (χ4v) is 3.78. The second-order valence-electron chi connectivity index (χ2n) is 5.10. The van der Waals surface area contributed by atoms with E-state index in [0.717, 1.165) is 11.3 Å². The van der Waals surface area contributed by atoms with Crippen LogP contribution in [0.15, 0.2) is 0 Å². The monoisotopic (exact) mass is 342 g/mol. The second kappa shape index (κ2) is 7.90. The predicted octanol–water partition coefficient (Wildman–Crippen LogP) is 2.77. The number of thiophene rings is 1. The molecule has 1 aromatic heterocycles. The zero-order valence-corrected chi connectivity index (χ0v) is 14.4. The number of ketones is 1. The molecule has 6 nitrogen and oxygen atoms in total. The van der Waals surface area contributed by atoms with Gasteiger partial charge in [0, 0.05) is 13.2 Å². The smallest absolute Gasteiger partial charge is 0.348 e. The third kappa shape index (κ3) is 3.57. The van der Waals surface area contributed by atoms with E-state index in [-0.39, 0.29) is 23.0 Å². The number of esters is 1. The van der Waals surface area contributed by atoms with E-state index in [4.69, 9.17) is 14.2 Å². The summed E-state index contributed by atoms with van der Waals surface area (Å²) in [5, 5.41) is 10.00. The molecule has 0 aromatic carbocycles. The number of fused-ring (bicyclic) bond motifs is 1. The van der Waals surface area contributed by atoms with Gasteiger partial charge >= 0.3 is 5.97 Å². The van der Waals surface area contributed by atoms with E-state index >= 15 is 0 Å². The Balaban J connectivity index is 2.31. The third-order valence-corrected chi connectivity index (χ3v) is 4.74. The lowest BCUT2D eigenvalue weighted by Gasteiger charge is -2.28. The number of ether oxygens (including phenoxy) is 3. The molecule has 1 aliphatic rings. The molecule has 2 rings (SSSR count). The summed E-state index contributed by atoms with van der Waals surface area (Å²) in [6.07, 6.45) is 0.392. The van der Waals surface area contributed by atoms with Gasteiger partial charge in [-0.3, -0.25) is 4.79 Å². The molecule has 1 aliphatic carbocycles. The fourth-order valence-electron chi connectivity index (χ4n) is 2.79. The molecule has 128 valence electrons. The molecule has 0 saturated heterocycles. The molecule has 1 aromatic rings. The number of carbonyl (C=O) groups excluding carboxylic acids is 2. The molecule has 1 heterocycles. The highest BCUT2D eigenvalue weighted by atomic mass is 32.1. The highest BCUT2D eigenvalue weighted by molar-refractivity contribution is 7.16. The molecule has 0 saturated carbocycles. The minimum Gasteiger partial charge on any atom is -0.499 e. The van der Waals surface area contributed by atoms with Gasteiger partial charge in [0.15, 0.2) is 17.1 Å². The molecule has 0 amide bonds. The van der Waals surface area contributed by atoms with Crippen molar-refractivity contribution in [2.24, 2.45) is 5.92 Å². The summed E-state index contributed by atoms with van der Waals surface area (Å²) in [5.41, 5.74) is 0.803. The summed E-state index contributed by atoms with van der Waals surface area (Å²) in [6, 6.07) is 0. The number of hydrogen-bond acceptors (Lipinski definition) is 7. The zero-order valence-electron chi connectivity index (χ0n) is 13.6. The van der Waals surface area contributed by atoms with Crippen LogP contribution in [0, 0.1) is 5.92 Å². The average molecular weight is 342 g/mol. The van der Waals surface area contributed by atoms with Crippen LogP contribution in [0.1, 0.15) is 52.8 Å². The Bertz CT molecular complexity index is 573. The van der Waals surface area contributed by atoms with E-state index in [0.29, 0.717) is 36.5 Å². The maximum Gasteiger partial charge on any atom is 0.348 e. The van der Waals surface area contributed by atoms with Gasteiger partial charge < -0.3 is 19.3 Å². The van der Waals surface area contributed by atoms with Crippen LogP contribution in [0.25, 0.3) is 0 Å². The van der Waals surface area contributed by atoms with Crippen LogP contribution < -0.4 is 0 Å². The number of aromatic hydroxyl groups is 1. The normalized spacial score (nSPS) is 17.4. The van der Waals surface area contributed by atoms with Crippen molar-refractivity contribution in [3.8, 4) is 5.06 Å². The van der Waals surface area contributed by atoms with Crippen molar-refractivity contribution in [1.82, 2.24) is 0 Å². The van der Waals surface area contributed by atoms with Crippen molar-refractivity contribution in [1.29, 1.82) is 0 Å². The molecule has 7 heteroatoms. The van der Waals surface area contributed by atoms with E-state index in [1.165, 1.54) is 0 Å². The first-order valence-corrected chi connectivity index (χ1v) is 8.65. The standard InChI is InChI=1S/C16H22O6S/c1-4-20-14(18)13-9-7-8-10(16(21-5-2)22-6-3)12(17)11(9)15(19)23-13/h10,16,19H,4-8H2,1-3H3. The van der Waals surface area contributed by atoms with Gasteiger partial charge in [-0.15, -0.1) is 0 Å². The van der Waals surface area contributed by atoms with Crippen LogP contribution in [0.2, 0.25) is 0 Å². The van der Waals surface area contributed by atoms with Gasteiger partial charge in [-0.05, 0) is 39.2 Å². The number of carbonyl (C=O) groups is 2. The van der Waals surface area contributed by atoms with Gasteiger partial charge in [-0.1, -0.05) is 11.3 Å². The summed E-state index contributed by atoms with van der Waals surface area (Å²) in [7, 11) is 0. The first-order chi connectivity index (χ1) is 11.0. The maximum absolute atomic E-state index is 12.8. The molecule has 23 heavy (non-hydrogen) atoms. The number of rotatable bonds is 7. The van der Waals surface area contributed by atoms with Crippen molar-refractivity contribution in [2.45, 2.75) is 39.9 Å². The van der Waals surface area contributed by atoms with Crippen molar-refractivity contribution >= 4 is 23.1 Å². The average Bonchev–Trinajstić information content (AvgIpc) is 2.86. The van der Waals surface area contributed by atoms with Gasteiger partial charge in [-0.25, -0.2) is 4.79 Å². The fraction of sp³-hybridized carbons (Fsp3) is 0.625. The van der Waals surface area contributed by atoms with Crippen LogP contribution in [0.5, 0.6) is 5.06 Å². The molecule has 0 aliphatic heterocycles. The lowest BCUT2D eigenvalue weighted by molar-refractivity contribution is -0.158. The minimum absolute atomic E-state index is 0.135. The molecule has 0 spiro atoms. The quantitative estimate of drug-likeness (QED) is 0.606. The lowest BCUT2D eigenvalue weighted by atomic mass is 9.83. The van der Waals surface area contributed by atoms with E-state index in [2.05, 4.69) is 0 Å². The van der Waals surface area contributed by atoms with Crippen LogP contribution in [0.4, 0.5) is 0 Å². The Morgan fingerprint density at radius 1 is 1.26 bits per heavy atom. The number of Topliss-reactive ketones (excluding diaryl/α,β-unsaturated/α-hetero) is 1. The summed E-state index contributed by atoms with van der Waals surface area (Å²) in [5.74, 6) is -1.20. The van der Waals surface area contributed by atoms with Gasteiger partial charge in [0.05, 0.1) is 18.1 Å². The number of hydrogen-bond donors (Lipinski definition) is 1. The highest BCUT2D eigenvalue weighted by Gasteiger charge is 2.40. The van der Waals surface area contributed by atoms with E-state index in [1.54, 1.807) is 6.92 Å². The molecule has 0 fully saturated rings. The lowest BCUT2D eigenvalue weighted by Crippen LogP contribution is -2.36. The van der Waals surface area contributed by atoms with E-state index in [1.807, 2.05) is 13.8 Å². The van der Waals surface area contributed by atoms with Crippen LogP contribution in [-0.2, 0) is 20.6 Å². The Kier molecular flexibility index (Phi) is 6.15. The third-order valence-electron chi connectivity index (χ3n) is 3.73. The Labute approximate surface area is 139 Å². The minimum atomic E-state index is -0.629. The topological polar surface area (TPSA) is 82.1 Å². The van der Waals surface area contributed by atoms with E-state index in [9.17, 15) is 14.7 Å². The molecule has 1 unspecified atom stereocenters. The molecule has 1 N–H and O–H groups in total. The van der Waals surface area contributed by atoms with Crippen molar-refractivity contribution in [3.63, 3.8) is 0 Å². The maximum atomic E-state index is 12.8. The summed E-state index contributed by atoms with van der Waals surface area (Å²) in [6.45, 7) is 6.51. The SMILES string of the molecule is CCOC(=O)c1sc(O)c2c1CCC(C(OCC)OCC)C2=O. The van der Waals surface area contributed by atoms with Gasteiger partial charge in [0.25, 0.3) is 0 Å². The Morgan fingerprint density at radius 2 is 1.91 bits per heavy atom. The van der Waals surface area contributed by atoms with Crippen LogP contribution in [0.3, 0.4) is 0 Å². The van der Waals surface area contributed by atoms with Crippen molar-refractivity contribution < 1.29 is 28.9 Å². The summed E-state index contributed by atoms with van der Waals surface area (Å²) < 4.78 is 16.0. The second-order valence-corrected chi connectivity index (χ2v) is 6.10. The molecular weight excluding hydrogens is 320 g/mol. The van der Waals surface area contributed by atoms with Gasteiger partial charge in [0.1, 0.15) is 4.88 Å². The predicted molar refractivity (Wildman–Crippen MR) is 85.1 cm³/mol. The largest absolute Gasteiger partial charge is 0.499 e. The Hall–Kier alpha value is -1.44. The molecule has 1 atom stereocenters. The van der Waals surface area contributed by atoms with Crippen molar-refractivity contribution in [2.75, 3.05) is 19.8 Å². The summed E-state index contributed by atoms with van der Waals surface area (Å²) >= 11 is 0.901. The van der Waals surface area contributed by atoms with Gasteiger partial charge in [-0.2, -0.15) is 0 Å². The van der Waals surface area contributed by atoms with Crippen molar-refractivity contribution in [3.05, 3.63) is 16.0 Å². The zero-order chi connectivity index (χ0) is 17.0. The van der Waals surface area contributed by atoms with Gasteiger partial charge in [0.2, 0.25) is 0 Å². The van der Waals surface area contributed by atoms with Crippen LogP contribution >= 0.6 is 11.3 Å². The molecular formula is C16H22O6S. The molecule has 0 radical (unpaired) electrons. The van der Waals surface area contributed by atoms with Crippen LogP contribution in [-0.4, -0.2) is 43.0 Å². The van der Waals surface area contributed by atoms with E-state index < -0.39 is 18.2 Å². The summed E-state index contributed by atoms with van der Waals surface area (Å²) in [4.78, 5) is 25.0. The first kappa shape index (κ1) is 17.9. The highest BCUT2D eigenvalue weighted by Crippen LogP contribution is 2.42. The Morgan fingerprint density at radius 3 is 2.48 bits per heavy atom.